The molecule has 1 aliphatic rings. The van der Waals surface area contributed by atoms with Crippen molar-refractivity contribution in [1.82, 2.24) is 4.90 Å². The van der Waals surface area contributed by atoms with E-state index in [1.54, 1.807) is 11.0 Å². The summed E-state index contributed by atoms with van der Waals surface area (Å²) in [5.41, 5.74) is 0. The lowest BCUT2D eigenvalue weighted by atomic mass is 9.94. The van der Waals surface area contributed by atoms with Gasteiger partial charge in [-0.25, -0.2) is 0 Å². The molecular weight excluding hydrogens is 198 g/mol. The summed E-state index contributed by atoms with van der Waals surface area (Å²) >= 11 is 0. The summed E-state index contributed by atoms with van der Waals surface area (Å²) in [5, 5.41) is 37.7. The number of rotatable bonds is 4. The SMILES string of the molecule is C=CCCN1CC(O)C(O)C(O)C1CO. The van der Waals surface area contributed by atoms with Crippen LogP contribution in [0.25, 0.3) is 0 Å². The molecule has 0 aromatic heterocycles. The number of hydrogen-bond donors (Lipinski definition) is 4. The van der Waals surface area contributed by atoms with E-state index in [1.807, 2.05) is 0 Å². The summed E-state index contributed by atoms with van der Waals surface area (Å²) in [6.07, 6.45) is -0.803. The van der Waals surface area contributed by atoms with Gasteiger partial charge in [-0.05, 0) is 6.42 Å². The first-order valence-electron chi connectivity index (χ1n) is 5.11. The monoisotopic (exact) mass is 217 g/mol. The van der Waals surface area contributed by atoms with Gasteiger partial charge in [0, 0.05) is 13.1 Å². The van der Waals surface area contributed by atoms with Crippen molar-refractivity contribution < 1.29 is 20.4 Å². The van der Waals surface area contributed by atoms with Gasteiger partial charge in [0.2, 0.25) is 0 Å². The van der Waals surface area contributed by atoms with Crippen LogP contribution < -0.4 is 0 Å². The lowest BCUT2D eigenvalue weighted by Crippen LogP contribution is -2.62. The molecule has 1 rings (SSSR count). The third kappa shape index (κ3) is 2.76. The number of piperidine rings is 1. The molecule has 4 unspecified atom stereocenters. The van der Waals surface area contributed by atoms with E-state index in [1.165, 1.54) is 0 Å². The molecule has 1 fully saturated rings. The first-order valence-corrected chi connectivity index (χ1v) is 5.11. The Labute approximate surface area is 89.3 Å². The van der Waals surface area contributed by atoms with E-state index < -0.39 is 24.4 Å². The Kier molecular flexibility index (Phi) is 4.69. The van der Waals surface area contributed by atoms with Crippen LogP contribution in [0.2, 0.25) is 0 Å². The van der Waals surface area contributed by atoms with Crippen molar-refractivity contribution in [3.05, 3.63) is 12.7 Å². The molecule has 15 heavy (non-hydrogen) atoms. The van der Waals surface area contributed by atoms with Gasteiger partial charge in [-0.1, -0.05) is 6.08 Å². The van der Waals surface area contributed by atoms with E-state index in [-0.39, 0.29) is 13.2 Å². The van der Waals surface area contributed by atoms with Crippen LogP contribution in [-0.4, -0.2) is 69.4 Å². The summed E-state index contributed by atoms with van der Waals surface area (Å²) in [7, 11) is 0. The molecule has 0 aromatic carbocycles. The van der Waals surface area contributed by atoms with Gasteiger partial charge in [0.25, 0.3) is 0 Å². The van der Waals surface area contributed by atoms with Gasteiger partial charge in [0.05, 0.1) is 18.8 Å². The number of aliphatic hydroxyl groups excluding tert-OH is 4. The van der Waals surface area contributed by atoms with Gasteiger partial charge in [-0.3, -0.25) is 4.90 Å². The van der Waals surface area contributed by atoms with Crippen molar-refractivity contribution in [2.75, 3.05) is 19.7 Å². The highest BCUT2D eigenvalue weighted by Crippen LogP contribution is 2.18. The number of nitrogens with zero attached hydrogens (tertiary/aromatic N) is 1. The second kappa shape index (κ2) is 5.58. The molecule has 0 bridgehead atoms. The zero-order valence-electron chi connectivity index (χ0n) is 8.66. The summed E-state index contributed by atoms with van der Waals surface area (Å²) in [6.45, 7) is 4.22. The predicted molar refractivity (Wildman–Crippen MR) is 55.3 cm³/mol. The van der Waals surface area contributed by atoms with Crippen molar-refractivity contribution in [2.24, 2.45) is 0 Å². The van der Waals surface area contributed by atoms with E-state index in [4.69, 9.17) is 5.11 Å². The fourth-order valence-corrected chi connectivity index (χ4v) is 1.89. The molecule has 0 aliphatic carbocycles. The molecule has 0 aromatic rings. The quantitative estimate of drug-likeness (QED) is 0.423. The minimum absolute atomic E-state index is 0.234. The molecule has 0 saturated carbocycles. The third-order valence-electron chi connectivity index (χ3n) is 2.84. The van der Waals surface area contributed by atoms with Crippen LogP contribution in [-0.2, 0) is 0 Å². The lowest BCUT2D eigenvalue weighted by Gasteiger charge is -2.43. The summed E-state index contributed by atoms with van der Waals surface area (Å²) in [4.78, 5) is 1.77. The van der Waals surface area contributed by atoms with Crippen LogP contribution in [0.1, 0.15) is 6.42 Å². The lowest BCUT2D eigenvalue weighted by molar-refractivity contribution is -0.144. The van der Waals surface area contributed by atoms with Crippen LogP contribution in [0, 0.1) is 0 Å². The van der Waals surface area contributed by atoms with Gasteiger partial charge in [0.15, 0.2) is 0 Å². The average Bonchev–Trinajstić information content (AvgIpc) is 2.23. The molecule has 0 spiro atoms. The summed E-state index contributed by atoms with van der Waals surface area (Å²) < 4.78 is 0. The van der Waals surface area contributed by atoms with E-state index in [0.29, 0.717) is 13.0 Å². The molecule has 5 nitrogen and oxygen atoms in total. The van der Waals surface area contributed by atoms with Gasteiger partial charge >= 0.3 is 0 Å². The standard InChI is InChI=1S/C10H19NO4/c1-2-3-4-11-5-8(13)10(15)9(14)7(11)6-12/h2,7-10,12-15H,1,3-6H2. The fraction of sp³-hybridized carbons (Fsp3) is 0.800. The largest absolute Gasteiger partial charge is 0.395 e. The number of β-amino-alcohol motifs (C(OH)–C–C–N with tert-alkyl or cyclic N) is 1. The Morgan fingerprint density at radius 2 is 1.93 bits per heavy atom. The summed E-state index contributed by atoms with van der Waals surface area (Å²) in [5.74, 6) is 0. The van der Waals surface area contributed by atoms with Gasteiger partial charge in [-0.15, -0.1) is 6.58 Å². The van der Waals surface area contributed by atoms with Crippen LogP contribution in [0.3, 0.4) is 0 Å². The predicted octanol–water partition coefficient (Wildman–Crippen LogP) is -1.68. The van der Waals surface area contributed by atoms with Crippen LogP contribution >= 0.6 is 0 Å². The smallest absolute Gasteiger partial charge is 0.109 e. The maximum atomic E-state index is 9.64. The Hall–Kier alpha value is -0.460. The van der Waals surface area contributed by atoms with Crippen molar-refractivity contribution in [3.8, 4) is 0 Å². The fourth-order valence-electron chi connectivity index (χ4n) is 1.89. The minimum atomic E-state index is -1.18. The van der Waals surface area contributed by atoms with E-state index in [0.717, 1.165) is 0 Å². The molecule has 0 radical (unpaired) electrons. The average molecular weight is 217 g/mol. The number of hydrogen-bond acceptors (Lipinski definition) is 5. The second-order valence-electron chi connectivity index (χ2n) is 3.87. The molecule has 0 amide bonds. The van der Waals surface area contributed by atoms with Gasteiger partial charge in [0.1, 0.15) is 12.2 Å². The van der Waals surface area contributed by atoms with E-state index in [2.05, 4.69) is 6.58 Å². The highest BCUT2D eigenvalue weighted by atomic mass is 16.4. The highest BCUT2D eigenvalue weighted by Gasteiger charge is 2.40. The number of aliphatic hydroxyl groups is 4. The highest BCUT2D eigenvalue weighted by molar-refractivity contribution is 4.94. The van der Waals surface area contributed by atoms with Crippen molar-refractivity contribution >= 4 is 0 Å². The van der Waals surface area contributed by atoms with E-state index in [9.17, 15) is 15.3 Å². The van der Waals surface area contributed by atoms with Crippen molar-refractivity contribution in [3.63, 3.8) is 0 Å². The zero-order valence-corrected chi connectivity index (χ0v) is 8.66. The molecule has 4 N–H and O–H groups in total. The minimum Gasteiger partial charge on any atom is -0.395 e. The molecule has 4 atom stereocenters. The molecule has 1 saturated heterocycles. The molecule has 88 valence electrons. The van der Waals surface area contributed by atoms with Crippen LogP contribution in [0.5, 0.6) is 0 Å². The van der Waals surface area contributed by atoms with Crippen LogP contribution in [0.15, 0.2) is 12.7 Å². The Bertz CT molecular complexity index is 212. The van der Waals surface area contributed by atoms with Crippen LogP contribution in [0.4, 0.5) is 0 Å². The normalized spacial score (nSPS) is 37.9. The third-order valence-corrected chi connectivity index (χ3v) is 2.84. The Morgan fingerprint density at radius 1 is 1.27 bits per heavy atom. The maximum absolute atomic E-state index is 9.64. The molecule has 5 heteroatoms. The maximum Gasteiger partial charge on any atom is 0.109 e. The first-order chi connectivity index (χ1) is 7.11. The Balaban J connectivity index is 2.64. The van der Waals surface area contributed by atoms with Gasteiger partial charge < -0.3 is 20.4 Å². The van der Waals surface area contributed by atoms with Crippen molar-refractivity contribution in [1.29, 1.82) is 0 Å². The molecular formula is C10H19NO4. The summed E-state index contributed by atoms with van der Waals surface area (Å²) in [6, 6.07) is -0.511. The molecule has 1 heterocycles. The van der Waals surface area contributed by atoms with E-state index >= 15 is 0 Å². The van der Waals surface area contributed by atoms with Crippen molar-refractivity contribution in [2.45, 2.75) is 30.8 Å². The molecule has 1 aliphatic heterocycles. The topological polar surface area (TPSA) is 84.2 Å². The second-order valence-corrected chi connectivity index (χ2v) is 3.87. The number of likely N-dealkylation sites (tertiary alicyclic amines) is 1. The first kappa shape index (κ1) is 12.6. The van der Waals surface area contributed by atoms with Gasteiger partial charge in [-0.2, -0.15) is 0 Å². The Morgan fingerprint density at radius 3 is 2.47 bits per heavy atom. The zero-order chi connectivity index (χ0) is 11.4.